The molecule has 0 aliphatic heterocycles. The summed E-state index contributed by atoms with van der Waals surface area (Å²) in [7, 11) is 1.57. The molecule has 1 N–H and O–H groups in total. The lowest BCUT2D eigenvalue weighted by Gasteiger charge is -2.06. The van der Waals surface area contributed by atoms with Crippen molar-refractivity contribution in [1.82, 2.24) is 0 Å². The van der Waals surface area contributed by atoms with E-state index in [2.05, 4.69) is 21.2 Å². The number of carbonyl (C=O) groups excluding carboxylic acids is 1. The van der Waals surface area contributed by atoms with Gasteiger partial charge >= 0.3 is 0 Å². The predicted molar refractivity (Wildman–Crippen MR) is 89.2 cm³/mol. The van der Waals surface area contributed by atoms with Crippen LogP contribution in [-0.4, -0.2) is 13.0 Å². The van der Waals surface area contributed by atoms with E-state index in [1.54, 1.807) is 25.3 Å². The van der Waals surface area contributed by atoms with Gasteiger partial charge in [-0.3, -0.25) is 4.79 Å². The first kappa shape index (κ1) is 15.6. The Bertz CT molecular complexity index is 875. The van der Waals surface area contributed by atoms with Gasteiger partial charge in [0.25, 0.3) is 0 Å². The van der Waals surface area contributed by atoms with Crippen molar-refractivity contribution in [2.45, 2.75) is 6.42 Å². The fraction of sp³-hybridized carbons (Fsp3) is 0.118. The number of furan rings is 1. The highest BCUT2D eigenvalue weighted by Crippen LogP contribution is 2.26. The molecular formula is C17H13BrFNO3. The van der Waals surface area contributed by atoms with Crippen molar-refractivity contribution in [3.63, 3.8) is 0 Å². The average Bonchev–Trinajstić information content (AvgIpc) is 2.92. The summed E-state index contributed by atoms with van der Waals surface area (Å²) in [4.78, 5) is 12.1. The number of carbonyl (C=O) groups is 1. The van der Waals surface area contributed by atoms with Crippen LogP contribution in [0.3, 0.4) is 0 Å². The van der Waals surface area contributed by atoms with E-state index in [-0.39, 0.29) is 18.0 Å². The zero-order valence-corrected chi connectivity index (χ0v) is 13.8. The smallest absolute Gasteiger partial charge is 0.229 e. The van der Waals surface area contributed by atoms with Gasteiger partial charge in [0, 0.05) is 21.5 Å². The van der Waals surface area contributed by atoms with Crippen LogP contribution in [0.5, 0.6) is 5.75 Å². The summed E-state index contributed by atoms with van der Waals surface area (Å²) < 4.78 is 24.9. The van der Waals surface area contributed by atoms with Gasteiger partial charge < -0.3 is 14.5 Å². The molecule has 118 valence electrons. The molecule has 4 nitrogen and oxygen atoms in total. The summed E-state index contributed by atoms with van der Waals surface area (Å²) in [6.45, 7) is 0. The maximum absolute atomic E-state index is 13.7. The van der Waals surface area contributed by atoms with E-state index in [9.17, 15) is 9.18 Å². The standard InChI is InChI=1S/C17H13BrFNO3/c1-22-12-3-4-13-10(9-23-16(13)8-12)6-17(21)20-15-5-2-11(18)7-14(15)19/h2-5,7-9H,6H2,1H3,(H,20,21). The van der Waals surface area contributed by atoms with Crippen LogP contribution >= 0.6 is 15.9 Å². The number of amides is 1. The second-order valence-electron chi connectivity index (χ2n) is 4.97. The Balaban J connectivity index is 1.77. The number of rotatable bonds is 4. The summed E-state index contributed by atoms with van der Waals surface area (Å²) in [5.74, 6) is -0.126. The third-order valence-electron chi connectivity index (χ3n) is 3.42. The summed E-state index contributed by atoms with van der Waals surface area (Å²) in [5, 5.41) is 3.39. The first-order valence-corrected chi connectivity index (χ1v) is 7.65. The van der Waals surface area contributed by atoms with Crippen LogP contribution in [0.2, 0.25) is 0 Å². The Hall–Kier alpha value is -2.34. The molecule has 1 amide bonds. The molecular weight excluding hydrogens is 365 g/mol. The van der Waals surface area contributed by atoms with E-state index >= 15 is 0 Å². The molecule has 1 aromatic heterocycles. The van der Waals surface area contributed by atoms with E-state index in [4.69, 9.17) is 9.15 Å². The van der Waals surface area contributed by atoms with Gasteiger partial charge in [0.05, 0.1) is 25.5 Å². The third kappa shape index (κ3) is 3.37. The van der Waals surface area contributed by atoms with Gasteiger partial charge in [0.1, 0.15) is 17.1 Å². The van der Waals surface area contributed by atoms with E-state index in [0.29, 0.717) is 15.8 Å². The number of hydrogen-bond donors (Lipinski definition) is 1. The summed E-state index contributed by atoms with van der Waals surface area (Å²) >= 11 is 3.17. The summed E-state index contributed by atoms with van der Waals surface area (Å²) in [6.07, 6.45) is 1.62. The number of halogens is 2. The Labute approximate surface area is 140 Å². The summed E-state index contributed by atoms with van der Waals surface area (Å²) in [5.41, 5.74) is 1.52. The van der Waals surface area contributed by atoms with Gasteiger partial charge in [-0.1, -0.05) is 15.9 Å². The Kier molecular flexibility index (Phi) is 4.34. The molecule has 0 aliphatic carbocycles. The maximum Gasteiger partial charge on any atom is 0.229 e. The number of anilines is 1. The quantitative estimate of drug-likeness (QED) is 0.726. The highest BCUT2D eigenvalue weighted by atomic mass is 79.9. The fourth-order valence-corrected chi connectivity index (χ4v) is 2.62. The maximum atomic E-state index is 13.7. The van der Waals surface area contributed by atoms with E-state index in [0.717, 1.165) is 10.9 Å². The average molecular weight is 378 g/mol. The van der Waals surface area contributed by atoms with Crippen molar-refractivity contribution >= 4 is 38.5 Å². The molecule has 3 rings (SSSR count). The van der Waals surface area contributed by atoms with Crippen molar-refractivity contribution in [1.29, 1.82) is 0 Å². The first-order valence-electron chi connectivity index (χ1n) is 6.86. The molecule has 1 heterocycles. The molecule has 0 spiro atoms. The molecule has 0 atom stereocenters. The number of benzene rings is 2. The van der Waals surface area contributed by atoms with Crippen LogP contribution in [0.25, 0.3) is 11.0 Å². The lowest BCUT2D eigenvalue weighted by Crippen LogP contribution is -2.15. The van der Waals surface area contributed by atoms with Gasteiger partial charge in [0.15, 0.2) is 0 Å². The molecule has 0 saturated carbocycles. The Morgan fingerprint density at radius 1 is 1.30 bits per heavy atom. The first-order chi connectivity index (χ1) is 11.1. The molecule has 0 fully saturated rings. The minimum Gasteiger partial charge on any atom is -0.497 e. The number of nitrogens with one attached hydrogen (secondary N) is 1. The predicted octanol–water partition coefficient (Wildman–Crippen LogP) is 4.52. The minimum absolute atomic E-state index is 0.0921. The van der Waals surface area contributed by atoms with E-state index in [1.165, 1.54) is 18.4 Å². The van der Waals surface area contributed by atoms with Gasteiger partial charge in [-0.15, -0.1) is 0 Å². The van der Waals surface area contributed by atoms with Crippen LogP contribution < -0.4 is 10.1 Å². The SMILES string of the molecule is COc1ccc2c(CC(=O)Nc3ccc(Br)cc3F)coc2c1. The number of methoxy groups -OCH3 is 1. The fourth-order valence-electron chi connectivity index (χ4n) is 2.29. The van der Waals surface area contributed by atoms with Crippen LogP contribution in [0.1, 0.15) is 5.56 Å². The number of hydrogen-bond acceptors (Lipinski definition) is 3. The highest BCUT2D eigenvalue weighted by molar-refractivity contribution is 9.10. The van der Waals surface area contributed by atoms with E-state index in [1.807, 2.05) is 6.07 Å². The monoisotopic (exact) mass is 377 g/mol. The second kappa shape index (κ2) is 6.42. The van der Waals surface area contributed by atoms with Crippen molar-refractivity contribution in [2.75, 3.05) is 12.4 Å². The molecule has 6 heteroatoms. The Morgan fingerprint density at radius 2 is 2.13 bits per heavy atom. The van der Waals surface area contributed by atoms with Gasteiger partial charge in [-0.05, 0) is 30.3 Å². The lowest BCUT2D eigenvalue weighted by atomic mass is 10.1. The van der Waals surface area contributed by atoms with Crippen LogP contribution in [0.15, 0.2) is 51.6 Å². The molecule has 23 heavy (non-hydrogen) atoms. The number of fused-ring (bicyclic) bond motifs is 1. The van der Waals surface area contributed by atoms with Crippen molar-refractivity contribution in [3.05, 3.63) is 58.5 Å². The van der Waals surface area contributed by atoms with Gasteiger partial charge in [-0.2, -0.15) is 0 Å². The van der Waals surface area contributed by atoms with E-state index < -0.39 is 5.82 Å². The third-order valence-corrected chi connectivity index (χ3v) is 3.91. The topological polar surface area (TPSA) is 51.5 Å². The van der Waals surface area contributed by atoms with Gasteiger partial charge in [0.2, 0.25) is 5.91 Å². The zero-order chi connectivity index (χ0) is 16.4. The van der Waals surface area contributed by atoms with Crippen LogP contribution in [-0.2, 0) is 11.2 Å². The van der Waals surface area contributed by atoms with Crippen molar-refractivity contribution < 1.29 is 18.3 Å². The van der Waals surface area contributed by atoms with Crippen LogP contribution in [0, 0.1) is 5.82 Å². The molecule has 0 unspecified atom stereocenters. The largest absolute Gasteiger partial charge is 0.497 e. The highest BCUT2D eigenvalue weighted by Gasteiger charge is 2.13. The molecule has 0 bridgehead atoms. The number of ether oxygens (including phenoxy) is 1. The zero-order valence-electron chi connectivity index (χ0n) is 12.2. The molecule has 2 aromatic carbocycles. The molecule has 0 aliphatic rings. The molecule has 3 aromatic rings. The Morgan fingerprint density at radius 3 is 2.87 bits per heavy atom. The normalized spacial score (nSPS) is 10.7. The molecule has 0 radical (unpaired) electrons. The van der Waals surface area contributed by atoms with Crippen molar-refractivity contribution in [2.24, 2.45) is 0 Å². The second-order valence-corrected chi connectivity index (χ2v) is 5.89. The van der Waals surface area contributed by atoms with Gasteiger partial charge in [-0.25, -0.2) is 4.39 Å². The lowest BCUT2D eigenvalue weighted by molar-refractivity contribution is -0.115. The minimum atomic E-state index is -0.491. The summed E-state index contributed by atoms with van der Waals surface area (Å²) in [6, 6.07) is 9.86. The van der Waals surface area contributed by atoms with Crippen molar-refractivity contribution in [3.8, 4) is 5.75 Å². The van der Waals surface area contributed by atoms with Crippen LogP contribution in [0.4, 0.5) is 10.1 Å². The molecule has 0 saturated heterocycles.